The van der Waals surface area contributed by atoms with Crippen molar-refractivity contribution >= 4 is 6.03 Å². The number of nitrogens with one attached hydrogen (secondary N) is 1. The van der Waals surface area contributed by atoms with Crippen molar-refractivity contribution in [2.24, 2.45) is 11.7 Å². The lowest BCUT2D eigenvalue weighted by atomic mass is 10.2. The lowest BCUT2D eigenvalue weighted by Gasteiger charge is -2.02. The van der Waals surface area contributed by atoms with Crippen LogP contribution in [0.3, 0.4) is 0 Å². The summed E-state index contributed by atoms with van der Waals surface area (Å²) in [6, 6.07) is -0.446. The molecule has 0 radical (unpaired) electrons. The van der Waals surface area contributed by atoms with Gasteiger partial charge in [-0.15, -0.1) is 0 Å². The molecule has 0 aliphatic rings. The second-order valence-electron chi connectivity index (χ2n) is 2.14. The van der Waals surface area contributed by atoms with Crippen molar-refractivity contribution in [1.29, 1.82) is 0 Å². The molecule has 0 aromatic rings. The monoisotopic (exact) mass is 120 g/mol. The van der Waals surface area contributed by atoms with E-state index in [4.69, 9.17) is 5.73 Å². The number of primary amides is 1. The van der Waals surface area contributed by atoms with Crippen molar-refractivity contribution < 1.29 is 7.65 Å². The second kappa shape index (κ2) is 3.29. The number of rotatable bonds is 2. The van der Waals surface area contributed by atoms with Gasteiger partial charge < -0.3 is 11.1 Å². The minimum Gasteiger partial charge on any atom is -0.352 e. The first-order valence-electron chi connectivity index (χ1n) is 2.66. The fraction of sp³-hybridized carbons (Fsp3) is 0.800. The van der Waals surface area contributed by atoms with E-state index in [0.717, 1.165) is 0 Å². The zero-order chi connectivity index (χ0) is 6.57. The summed E-state index contributed by atoms with van der Waals surface area (Å²) in [5, 5.41) is 2.48. The molecular weight excluding hydrogens is 104 g/mol. The molecule has 52 valence electrons. The van der Waals surface area contributed by atoms with Gasteiger partial charge in [0.05, 0.1) is 0 Å². The highest BCUT2D eigenvalue weighted by atomic mass is 16.2. The third-order valence-electron chi connectivity index (χ3n) is 0.685. The van der Waals surface area contributed by atoms with Crippen LogP contribution in [0.4, 0.5) is 4.79 Å². The van der Waals surface area contributed by atoms with E-state index in [2.05, 4.69) is 5.32 Å². The minimum atomic E-state index is -0.446. The first-order chi connectivity index (χ1) is 3.63. The van der Waals surface area contributed by atoms with Crippen LogP contribution in [0.2, 0.25) is 0 Å². The molecule has 0 bridgehead atoms. The third kappa shape index (κ3) is 5.27. The number of amides is 2. The Kier molecular flexibility index (Phi) is 2.99. The summed E-state index contributed by atoms with van der Waals surface area (Å²) in [6.45, 7) is 4.68. The molecule has 0 fully saturated rings. The van der Waals surface area contributed by atoms with E-state index in [1.54, 1.807) is 0 Å². The van der Waals surface area contributed by atoms with Gasteiger partial charge in [0.2, 0.25) is 0 Å². The molecule has 3 N–H and O–H groups in total. The smallest absolute Gasteiger partial charge is 0.312 e. The molecule has 0 aromatic heterocycles. The van der Waals surface area contributed by atoms with E-state index >= 15 is 0 Å². The number of hydrogen-bond acceptors (Lipinski definition) is 1. The van der Waals surface area contributed by atoms with E-state index in [1.165, 1.54) is 0 Å². The Morgan fingerprint density at radius 3 is 2.50 bits per heavy atom. The summed E-state index contributed by atoms with van der Waals surface area (Å²) < 4.78 is 0. The predicted molar refractivity (Wildman–Crippen MR) is 36.7 cm³/mol. The van der Waals surface area contributed by atoms with E-state index in [-0.39, 0.29) is 2.85 Å². The van der Waals surface area contributed by atoms with E-state index in [0.29, 0.717) is 12.5 Å². The molecule has 0 aliphatic carbocycles. The van der Waals surface area contributed by atoms with Crippen LogP contribution in [0.15, 0.2) is 0 Å². The summed E-state index contributed by atoms with van der Waals surface area (Å²) in [4.78, 5) is 10.0. The molecule has 0 rings (SSSR count). The van der Waals surface area contributed by atoms with Crippen LogP contribution in [0.1, 0.15) is 16.7 Å². The lowest BCUT2D eigenvalue weighted by molar-refractivity contribution is 0.247. The Labute approximate surface area is 52.2 Å². The maximum absolute atomic E-state index is 10.0. The first-order valence-corrected chi connectivity index (χ1v) is 2.66. The SMILES string of the molecule is CC(C)CNC(N)=O.[HH].[HH]. The van der Waals surface area contributed by atoms with Crippen LogP contribution in [-0.2, 0) is 0 Å². The van der Waals surface area contributed by atoms with Crippen LogP contribution in [0, 0.1) is 5.92 Å². The zero-order valence-electron chi connectivity index (χ0n) is 5.27. The molecule has 3 nitrogen and oxygen atoms in total. The molecule has 0 heterocycles. The van der Waals surface area contributed by atoms with Gasteiger partial charge >= 0.3 is 6.03 Å². The van der Waals surface area contributed by atoms with Crippen molar-refractivity contribution in [3.05, 3.63) is 0 Å². The van der Waals surface area contributed by atoms with Crippen molar-refractivity contribution in [2.45, 2.75) is 13.8 Å². The summed E-state index contributed by atoms with van der Waals surface area (Å²) >= 11 is 0. The number of hydrogen-bond donors (Lipinski definition) is 2. The maximum Gasteiger partial charge on any atom is 0.312 e. The average molecular weight is 120 g/mol. The van der Waals surface area contributed by atoms with Gasteiger partial charge in [-0.2, -0.15) is 0 Å². The largest absolute Gasteiger partial charge is 0.352 e. The molecule has 8 heavy (non-hydrogen) atoms. The average Bonchev–Trinajstić information content (AvgIpc) is 1.61. The van der Waals surface area contributed by atoms with Crippen LogP contribution in [0.5, 0.6) is 0 Å². The Morgan fingerprint density at radius 2 is 2.38 bits per heavy atom. The van der Waals surface area contributed by atoms with E-state index < -0.39 is 6.03 Å². The van der Waals surface area contributed by atoms with Gasteiger partial charge in [0.25, 0.3) is 0 Å². The van der Waals surface area contributed by atoms with E-state index in [1.807, 2.05) is 13.8 Å². The molecular formula is C5H16N2O. The van der Waals surface area contributed by atoms with Crippen molar-refractivity contribution in [1.82, 2.24) is 5.32 Å². The number of urea groups is 1. The van der Waals surface area contributed by atoms with Crippen molar-refractivity contribution in [3.63, 3.8) is 0 Å². The topological polar surface area (TPSA) is 55.1 Å². The van der Waals surface area contributed by atoms with E-state index in [9.17, 15) is 4.79 Å². The second-order valence-corrected chi connectivity index (χ2v) is 2.14. The highest BCUT2D eigenvalue weighted by molar-refractivity contribution is 5.71. The molecule has 0 unspecified atom stereocenters. The standard InChI is InChI=1S/C5H12N2O.2H2/c1-4(2)3-7-5(6)8;;/h4H,3H2,1-2H3,(H3,6,7,8);2*1H. The van der Waals surface area contributed by atoms with Gasteiger partial charge in [-0.05, 0) is 5.92 Å². The summed E-state index contributed by atoms with van der Waals surface area (Å²) in [5.74, 6) is 0.475. The Bertz CT molecular complexity index is 87.7. The maximum atomic E-state index is 10.0. The van der Waals surface area contributed by atoms with Gasteiger partial charge in [-0.3, -0.25) is 0 Å². The molecule has 0 saturated heterocycles. The molecule has 0 saturated carbocycles. The van der Waals surface area contributed by atoms with Crippen LogP contribution in [0.25, 0.3) is 0 Å². The Hall–Kier alpha value is -0.730. The number of carbonyl (C=O) groups is 1. The number of carbonyl (C=O) groups excluding carboxylic acids is 1. The Balaban J connectivity index is -0.000000245. The predicted octanol–water partition coefficient (Wildman–Crippen LogP) is 0.803. The molecule has 0 spiro atoms. The molecule has 0 aliphatic heterocycles. The highest BCUT2D eigenvalue weighted by Gasteiger charge is 1.92. The van der Waals surface area contributed by atoms with Gasteiger partial charge in [0.1, 0.15) is 0 Å². The van der Waals surface area contributed by atoms with Crippen LogP contribution >= 0.6 is 0 Å². The molecule has 0 aromatic carbocycles. The fourth-order valence-corrected chi connectivity index (χ4v) is 0.305. The number of nitrogens with two attached hydrogens (primary N) is 1. The van der Waals surface area contributed by atoms with Gasteiger partial charge in [-0.25, -0.2) is 4.79 Å². The van der Waals surface area contributed by atoms with Gasteiger partial charge in [-0.1, -0.05) is 13.8 Å². The molecule has 3 heteroatoms. The summed E-state index contributed by atoms with van der Waals surface area (Å²) in [5.41, 5.74) is 4.79. The third-order valence-corrected chi connectivity index (χ3v) is 0.685. The zero-order valence-corrected chi connectivity index (χ0v) is 5.27. The van der Waals surface area contributed by atoms with Gasteiger partial charge in [0.15, 0.2) is 0 Å². The first kappa shape index (κ1) is 7.27. The van der Waals surface area contributed by atoms with Crippen molar-refractivity contribution in [2.75, 3.05) is 6.54 Å². The van der Waals surface area contributed by atoms with Crippen molar-refractivity contribution in [3.8, 4) is 0 Å². The summed E-state index contributed by atoms with van der Waals surface area (Å²) in [7, 11) is 0. The summed E-state index contributed by atoms with van der Waals surface area (Å²) in [6.07, 6.45) is 0. The molecule has 2 amide bonds. The fourth-order valence-electron chi connectivity index (χ4n) is 0.305. The quantitative estimate of drug-likeness (QED) is 0.556. The lowest BCUT2D eigenvalue weighted by Crippen LogP contribution is -2.32. The molecule has 0 atom stereocenters. The van der Waals surface area contributed by atoms with Gasteiger partial charge in [0, 0.05) is 9.40 Å². The highest BCUT2D eigenvalue weighted by Crippen LogP contribution is 1.85. The van der Waals surface area contributed by atoms with Crippen LogP contribution < -0.4 is 11.1 Å². The minimum absolute atomic E-state index is 0. The normalized spacial score (nSPS) is 9.38. The Morgan fingerprint density at radius 1 is 1.88 bits per heavy atom. The van der Waals surface area contributed by atoms with Crippen LogP contribution in [-0.4, -0.2) is 12.6 Å².